The van der Waals surface area contributed by atoms with Crippen molar-refractivity contribution in [2.75, 3.05) is 5.32 Å². The lowest BCUT2D eigenvalue weighted by molar-refractivity contribution is 0.116. The Kier molecular flexibility index (Phi) is 4.95. The maximum atomic E-state index is 10.4. The largest absolute Gasteiger partial charge is 0.507 e. The lowest BCUT2D eigenvalue weighted by Gasteiger charge is -2.30. The van der Waals surface area contributed by atoms with Crippen molar-refractivity contribution in [3.8, 4) is 23.1 Å². The van der Waals surface area contributed by atoms with Crippen LogP contribution >= 0.6 is 0 Å². The molecule has 1 fully saturated rings. The molecule has 27 heavy (non-hydrogen) atoms. The third kappa shape index (κ3) is 3.47. The third-order valence-corrected chi connectivity index (χ3v) is 5.72. The summed E-state index contributed by atoms with van der Waals surface area (Å²) in [5.74, 6) is 0.826. The highest BCUT2D eigenvalue weighted by molar-refractivity contribution is 5.73. The molecular weight excluding hydrogens is 340 g/mol. The fraction of sp³-hybridized carbons (Fsp3) is 0.476. The number of fused-ring (bicyclic) bond motifs is 1. The molecule has 140 valence electrons. The van der Waals surface area contributed by atoms with E-state index in [2.05, 4.69) is 15.5 Å². The van der Waals surface area contributed by atoms with E-state index in [0.717, 1.165) is 68.3 Å². The second kappa shape index (κ2) is 7.53. The number of aromatic hydroxyl groups is 1. The van der Waals surface area contributed by atoms with Crippen LogP contribution in [0.4, 0.5) is 5.82 Å². The number of anilines is 1. The van der Waals surface area contributed by atoms with Crippen LogP contribution in [0.25, 0.3) is 11.3 Å². The highest BCUT2D eigenvalue weighted by Gasteiger charge is 2.27. The summed E-state index contributed by atoms with van der Waals surface area (Å²) in [6, 6.07) is 6.96. The molecule has 2 aliphatic rings. The Hall–Kier alpha value is -2.65. The van der Waals surface area contributed by atoms with Gasteiger partial charge in [-0.3, -0.25) is 0 Å². The normalized spacial score (nSPS) is 21.9. The summed E-state index contributed by atoms with van der Waals surface area (Å²) >= 11 is 0. The van der Waals surface area contributed by atoms with Crippen molar-refractivity contribution in [1.29, 1.82) is 5.26 Å². The van der Waals surface area contributed by atoms with Crippen molar-refractivity contribution in [1.82, 2.24) is 10.2 Å². The number of nitriles is 1. The lowest BCUT2D eigenvalue weighted by Crippen LogP contribution is -2.37. The van der Waals surface area contributed by atoms with Gasteiger partial charge in [-0.2, -0.15) is 5.26 Å². The van der Waals surface area contributed by atoms with Crippen molar-refractivity contribution in [2.24, 2.45) is 0 Å². The molecule has 0 saturated heterocycles. The number of nitrogens with one attached hydrogen (secondary N) is 1. The van der Waals surface area contributed by atoms with E-state index in [1.807, 2.05) is 6.07 Å². The van der Waals surface area contributed by atoms with Gasteiger partial charge in [0.2, 0.25) is 0 Å². The molecule has 2 aromatic rings. The van der Waals surface area contributed by atoms with Gasteiger partial charge < -0.3 is 15.5 Å². The Morgan fingerprint density at radius 3 is 2.56 bits per heavy atom. The molecule has 1 aromatic heterocycles. The fourth-order valence-electron chi connectivity index (χ4n) is 4.24. The van der Waals surface area contributed by atoms with E-state index in [4.69, 9.17) is 5.26 Å². The lowest BCUT2D eigenvalue weighted by atomic mass is 9.88. The van der Waals surface area contributed by atoms with Crippen LogP contribution in [0.15, 0.2) is 18.2 Å². The summed E-state index contributed by atoms with van der Waals surface area (Å²) in [7, 11) is 0. The van der Waals surface area contributed by atoms with E-state index >= 15 is 0 Å². The summed E-state index contributed by atoms with van der Waals surface area (Å²) in [5.41, 5.74) is 3.99. The number of aliphatic hydroxyl groups excluding tert-OH is 1. The van der Waals surface area contributed by atoms with Crippen LogP contribution in [0.2, 0.25) is 0 Å². The first-order chi connectivity index (χ1) is 13.2. The molecule has 0 unspecified atom stereocenters. The van der Waals surface area contributed by atoms with Gasteiger partial charge in [0.05, 0.1) is 23.8 Å². The van der Waals surface area contributed by atoms with Gasteiger partial charge in [0.25, 0.3) is 0 Å². The van der Waals surface area contributed by atoms with Crippen LogP contribution < -0.4 is 5.32 Å². The van der Waals surface area contributed by atoms with Crippen LogP contribution in [-0.2, 0) is 12.8 Å². The molecule has 1 heterocycles. The minimum atomic E-state index is -0.345. The topological polar surface area (TPSA) is 102 Å². The second-order valence-corrected chi connectivity index (χ2v) is 7.51. The minimum absolute atomic E-state index is 0.0215. The van der Waals surface area contributed by atoms with Crippen LogP contribution in [0, 0.1) is 11.3 Å². The molecule has 3 N–H and O–H groups in total. The van der Waals surface area contributed by atoms with Crippen LogP contribution in [0.1, 0.15) is 55.2 Å². The zero-order chi connectivity index (χ0) is 18.8. The van der Waals surface area contributed by atoms with Crippen molar-refractivity contribution >= 4 is 5.82 Å². The molecule has 2 aliphatic carbocycles. The summed E-state index contributed by atoms with van der Waals surface area (Å²) in [5, 5.41) is 42.0. The van der Waals surface area contributed by atoms with Gasteiger partial charge in [0, 0.05) is 11.1 Å². The third-order valence-electron chi connectivity index (χ3n) is 5.72. The van der Waals surface area contributed by atoms with Crippen molar-refractivity contribution in [2.45, 2.75) is 63.5 Å². The first kappa shape index (κ1) is 17.7. The number of rotatable bonds is 3. The van der Waals surface area contributed by atoms with E-state index < -0.39 is 0 Å². The van der Waals surface area contributed by atoms with Crippen LogP contribution in [0.5, 0.6) is 5.75 Å². The molecule has 0 amide bonds. The number of benzene rings is 1. The molecule has 2 atom stereocenters. The molecule has 0 radical (unpaired) electrons. The van der Waals surface area contributed by atoms with Crippen molar-refractivity contribution in [3.05, 3.63) is 34.9 Å². The van der Waals surface area contributed by atoms with E-state index in [9.17, 15) is 10.2 Å². The number of phenolic OH excluding ortho intramolecular Hbond substituents is 1. The molecular formula is C21H24N4O2. The summed E-state index contributed by atoms with van der Waals surface area (Å²) in [6.45, 7) is 0. The van der Waals surface area contributed by atoms with Crippen molar-refractivity contribution < 1.29 is 10.2 Å². The zero-order valence-corrected chi connectivity index (χ0v) is 15.3. The highest BCUT2D eigenvalue weighted by atomic mass is 16.3. The van der Waals surface area contributed by atoms with Gasteiger partial charge in [-0.1, -0.05) is 12.8 Å². The Labute approximate surface area is 158 Å². The van der Waals surface area contributed by atoms with Crippen molar-refractivity contribution in [3.63, 3.8) is 0 Å². The predicted octanol–water partition coefficient (Wildman–Crippen LogP) is 3.32. The summed E-state index contributed by atoms with van der Waals surface area (Å²) < 4.78 is 0. The van der Waals surface area contributed by atoms with E-state index in [1.165, 1.54) is 6.07 Å². The molecule has 0 bridgehead atoms. The van der Waals surface area contributed by atoms with Gasteiger partial charge in [0.1, 0.15) is 11.4 Å². The molecule has 1 aromatic carbocycles. The minimum Gasteiger partial charge on any atom is -0.507 e. The Morgan fingerprint density at radius 1 is 1.04 bits per heavy atom. The van der Waals surface area contributed by atoms with Gasteiger partial charge >= 0.3 is 0 Å². The Balaban J connectivity index is 1.72. The van der Waals surface area contributed by atoms with Gasteiger partial charge in [-0.15, -0.1) is 10.2 Å². The summed E-state index contributed by atoms with van der Waals surface area (Å²) in [4.78, 5) is 0. The van der Waals surface area contributed by atoms with E-state index in [1.54, 1.807) is 12.1 Å². The Morgan fingerprint density at radius 2 is 1.81 bits per heavy atom. The fourth-order valence-corrected chi connectivity index (χ4v) is 4.24. The van der Waals surface area contributed by atoms with Gasteiger partial charge in [-0.25, -0.2) is 0 Å². The highest BCUT2D eigenvalue weighted by Crippen LogP contribution is 2.37. The molecule has 6 nitrogen and oxygen atoms in total. The molecule has 0 aliphatic heterocycles. The van der Waals surface area contributed by atoms with Gasteiger partial charge in [-0.05, 0) is 62.3 Å². The van der Waals surface area contributed by atoms with Gasteiger partial charge in [0.15, 0.2) is 5.82 Å². The maximum Gasteiger partial charge on any atom is 0.152 e. The number of nitrogens with zero attached hydrogens (tertiary/aromatic N) is 3. The number of phenols is 1. The van der Waals surface area contributed by atoms with Crippen LogP contribution in [-0.4, -0.2) is 32.6 Å². The molecule has 6 heteroatoms. The average molecular weight is 364 g/mol. The standard InChI is InChI=1S/C21H24N4O2/c22-12-13-9-10-16(19(27)11-13)20-14-5-1-2-6-15(14)21(25-24-20)23-17-7-3-4-8-18(17)26/h9-11,17-18,26-27H,1-8H2,(H,23,25)/t17-,18-/m1/s1. The average Bonchev–Trinajstić information content (AvgIpc) is 2.70. The SMILES string of the molecule is N#Cc1ccc(-c2nnc(N[C@@H]3CCCC[C@H]3O)c3c2CCCC3)c(O)c1. The number of hydrogen-bond donors (Lipinski definition) is 3. The Bertz CT molecular complexity index is 890. The number of aromatic nitrogens is 2. The maximum absolute atomic E-state index is 10.4. The van der Waals surface area contributed by atoms with E-state index in [-0.39, 0.29) is 17.9 Å². The van der Waals surface area contributed by atoms with Crippen LogP contribution in [0.3, 0.4) is 0 Å². The number of hydrogen-bond acceptors (Lipinski definition) is 6. The predicted molar refractivity (Wildman–Crippen MR) is 102 cm³/mol. The second-order valence-electron chi connectivity index (χ2n) is 7.51. The molecule has 4 rings (SSSR count). The first-order valence-electron chi connectivity index (χ1n) is 9.74. The van der Waals surface area contributed by atoms with E-state index in [0.29, 0.717) is 16.8 Å². The smallest absolute Gasteiger partial charge is 0.152 e. The first-order valence-corrected chi connectivity index (χ1v) is 9.74. The number of aliphatic hydroxyl groups is 1. The zero-order valence-electron chi connectivity index (χ0n) is 15.3. The molecule has 0 spiro atoms. The summed E-state index contributed by atoms with van der Waals surface area (Å²) in [6.07, 6.45) is 7.58. The molecule has 1 saturated carbocycles. The quantitative estimate of drug-likeness (QED) is 0.772. The monoisotopic (exact) mass is 364 g/mol.